The second kappa shape index (κ2) is 8.21. The SMILES string of the molecule is CC(C)C(N)CCN(C)C(=O)CCc1nc(-c2ccsc2)no1. The Labute approximate surface area is 140 Å². The van der Waals surface area contributed by atoms with Crippen molar-refractivity contribution < 1.29 is 9.32 Å². The molecule has 0 aromatic carbocycles. The minimum Gasteiger partial charge on any atom is -0.346 e. The Kier molecular flexibility index (Phi) is 6.29. The number of nitrogens with two attached hydrogens (primary N) is 1. The van der Waals surface area contributed by atoms with Crippen LogP contribution in [0.4, 0.5) is 0 Å². The van der Waals surface area contributed by atoms with E-state index in [1.54, 1.807) is 23.3 Å². The van der Waals surface area contributed by atoms with Crippen molar-refractivity contribution >= 4 is 17.2 Å². The standard InChI is InChI=1S/C16H24N4O2S/c1-11(2)13(17)6-8-20(3)15(21)5-4-14-18-16(19-22-14)12-7-9-23-10-12/h7,9-11,13H,4-6,8,17H2,1-3H3. The zero-order valence-electron chi connectivity index (χ0n) is 13.9. The molecule has 2 N–H and O–H groups in total. The number of aromatic nitrogens is 2. The Balaban J connectivity index is 1.78. The van der Waals surface area contributed by atoms with Gasteiger partial charge in [-0.05, 0) is 23.8 Å². The van der Waals surface area contributed by atoms with E-state index in [-0.39, 0.29) is 11.9 Å². The molecule has 0 aliphatic carbocycles. The zero-order chi connectivity index (χ0) is 16.8. The van der Waals surface area contributed by atoms with Gasteiger partial charge in [-0.15, -0.1) is 0 Å². The van der Waals surface area contributed by atoms with Crippen LogP contribution in [0.25, 0.3) is 11.4 Å². The predicted molar refractivity (Wildman–Crippen MR) is 91.0 cm³/mol. The normalized spacial score (nSPS) is 12.6. The van der Waals surface area contributed by atoms with E-state index in [2.05, 4.69) is 24.0 Å². The minimum atomic E-state index is 0.0660. The number of carbonyl (C=O) groups excluding carboxylic acids is 1. The Morgan fingerprint density at radius 3 is 2.91 bits per heavy atom. The third-order valence-corrected chi connectivity index (χ3v) is 4.56. The summed E-state index contributed by atoms with van der Waals surface area (Å²) in [4.78, 5) is 18.2. The van der Waals surface area contributed by atoms with E-state index in [0.29, 0.717) is 37.0 Å². The van der Waals surface area contributed by atoms with Crippen molar-refractivity contribution in [2.24, 2.45) is 11.7 Å². The smallest absolute Gasteiger partial charge is 0.227 e. The quantitative estimate of drug-likeness (QED) is 0.801. The molecule has 0 radical (unpaired) electrons. The van der Waals surface area contributed by atoms with Gasteiger partial charge in [-0.3, -0.25) is 4.79 Å². The van der Waals surface area contributed by atoms with Crippen molar-refractivity contribution in [3.05, 3.63) is 22.7 Å². The molecular formula is C16H24N4O2S. The molecule has 0 saturated carbocycles. The van der Waals surface area contributed by atoms with Gasteiger partial charge in [0.2, 0.25) is 17.6 Å². The molecule has 0 aliphatic rings. The number of rotatable bonds is 8. The predicted octanol–water partition coefficient (Wildman–Crippen LogP) is 2.56. The summed E-state index contributed by atoms with van der Waals surface area (Å²) in [7, 11) is 1.81. The van der Waals surface area contributed by atoms with Gasteiger partial charge in [-0.2, -0.15) is 16.3 Å². The summed E-state index contributed by atoms with van der Waals surface area (Å²) in [5.41, 5.74) is 6.95. The summed E-state index contributed by atoms with van der Waals surface area (Å²) >= 11 is 1.58. The summed E-state index contributed by atoms with van der Waals surface area (Å²) < 4.78 is 5.20. The van der Waals surface area contributed by atoms with Gasteiger partial charge in [0.15, 0.2) is 0 Å². The molecule has 0 bridgehead atoms. The monoisotopic (exact) mass is 336 g/mol. The van der Waals surface area contributed by atoms with Crippen molar-refractivity contribution in [2.45, 2.75) is 39.2 Å². The molecule has 0 spiro atoms. The highest BCUT2D eigenvalue weighted by Crippen LogP contribution is 2.19. The average Bonchev–Trinajstić information content (AvgIpc) is 3.20. The second-order valence-electron chi connectivity index (χ2n) is 6.04. The van der Waals surface area contributed by atoms with Gasteiger partial charge >= 0.3 is 0 Å². The van der Waals surface area contributed by atoms with Crippen LogP contribution in [0.3, 0.4) is 0 Å². The summed E-state index contributed by atoms with van der Waals surface area (Å²) in [6.07, 6.45) is 1.62. The first-order valence-corrected chi connectivity index (χ1v) is 8.76. The van der Waals surface area contributed by atoms with Crippen molar-refractivity contribution in [1.29, 1.82) is 0 Å². The summed E-state index contributed by atoms with van der Waals surface area (Å²) in [6, 6.07) is 2.06. The molecule has 2 aromatic heterocycles. The van der Waals surface area contributed by atoms with Gasteiger partial charge in [0.05, 0.1) is 0 Å². The Morgan fingerprint density at radius 2 is 2.26 bits per heavy atom. The number of hydrogen-bond acceptors (Lipinski definition) is 6. The Morgan fingerprint density at radius 1 is 1.48 bits per heavy atom. The topological polar surface area (TPSA) is 85.2 Å². The lowest BCUT2D eigenvalue weighted by molar-refractivity contribution is -0.130. The van der Waals surface area contributed by atoms with Gasteiger partial charge in [-0.1, -0.05) is 19.0 Å². The molecule has 1 unspecified atom stereocenters. The highest BCUT2D eigenvalue weighted by atomic mass is 32.1. The zero-order valence-corrected chi connectivity index (χ0v) is 14.7. The number of hydrogen-bond donors (Lipinski definition) is 1. The van der Waals surface area contributed by atoms with Gasteiger partial charge in [-0.25, -0.2) is 0 Å². The number of amides is 1. The molecule has 1 atom stereocenters. The molecule has 6 nitrogen and oxygen atoms in total. The fourth-order valence-corrected chi connectivity index (χ4v) is 2.71. The summed E-state index contributed by atoms with van der Waals surface area (Å²) in [5.74, 6) is 1.56. The molecule has 126 valence electrons. The van der Waals surface area contributed by atoms with Crippen LogP contribution in [0.5, 0.6) is 0 Å². The van der Waals surface area contributed by atoms with E-state index >= 15 is 0 Å². The first-order valence-electron chi connectivity index (χ1n) is 7.82. The molecule has 0 fully saturated rings. The Bertz CT molecular complexity index is 609. The number of nitrogens with zero attached hydrogens (tertiary/aromatic N) is 3. The molecular weight excluding hydrogens is 312 g/mol. The first kappa shape index (κ1) is 17.6. The van der Waals surface area contributed by atoms with Crippen LogP contribution < -0.4 is 5.73 Å². The van der Waals surface area contributed by atoms with E-state index in [1.807, 2.05) is 16.8 Å². The van der Waals surface area contributed by atoms with Crippen LogP contribution in [-0.2, 0) is 11.2 Å². The van der Waals surface area contributed by atoms with E-state index in [9.17, 15) is 4.79 Å². The maximum absolute atomic E-state index is 12.1. The lowest BCUT2D eigenvalue weighted by Crippen LogP contribution is -2.34. The molecule has 2 rings (SSSR count). The van der Waals surface area contributed by atoms with Crippen LogP contribution in [0.2, 0.25) is 0 Å². The van der Waals surface area contributed by atoms with Crippen LogP contribution >= 0.6 is 11.3 Å². The van der Waals surface area contributed by atoms with Crippen LogP contribution in [0.15, 0.2) is 21.3 Å². The maximum Gasteiger partial charge on any atom is 0.227 e. The molecule has 2 heterocycles. The van der Waals surface area contributed by atoms with Crippen molar-refractivity contribution in [2.75, 3.05) is 13.6 Å². The van der Waals surface area contributed by atoms with Crippen molar-refractivity contribution in [3.8, 4) is 11.4 Å². The fraction of sp³-hybridized carbons (Fsp3) is 0.562. The Hall–Kier alpha value is -1.73. The average molecular weight is 336 g/mol. The van der Waals surface area contributed by atoms with Crippen LogP contribution in [0.1, 0.15) is 32.6 Å². The van der Waals surface area contributed by atoms with Crippen molar-refractivity contribution in [3.63, 3.8) is 0 Å². The van der Waals surface area contributed by atoms with E-state index < -0.39 is 0 Å². The lowest BCUT2D eigenvalue weighted by atomic mass is 10.0. The largest absolute Gasteiger partial charge is 0.346 e. The highest BCUT2D eigenvalue weighted by Gasteiger charge is 2.15. The van der Waals surface area contributed by atoms with Gasteiger partial charge in [0, 0.05) is 43.4 Å². The van der Waals surface area contributed by atoms with Crippen LogP contribution in [0, 0.1) is 5.92 Å². The lowest BCUT2D eigenvalue weighted by Gasteiger charge is -2.21. The highest BCUT2D eigenvalue weighted by molar-refractivity contribution is 7.08. The van der Waals surface area contributed by atoms with Gasteiger partial charge < -0.3 is 15.2 Å². The second-order valence-corrected chi connectivity index (χ2v) is 6.82. The van der Waals surface area contributed by atoms with Gasteiger partial charge in [0.1, 0.15) is 0 Å². The van der Waals surface area contributed by atoms with Gasteiger partial charge in [0.25, 0.3) is 0 Å². The minimum absolute atomic E-state index is 0.0660. The summed E-state index contributed by atoms with van der Waals surface area (Å²) in [5, 5.41) is 7.87. The molecule has 7 heteroatoms. The molecule has 0 aliphatic heterocycles. The summed E-state index contributed by atoms with van der Waals surface area (Å²) in [6.45, 7) is 4.85. The number of aryl methyl sites for hydroxylation is 1. The van der Waals surface area contributed by atoms with Crippen molar-refractivity contribution in [1.82, 2.24) is 15.0 Å². The number of carbonyl (C=O) groups is 1. The van der Waals surface area contributed by atoms with E-state index in [4.69, 9.17) is 10.3 Å². The molecule has 23 heavy (non-hydrogen) atoms. The third-order valence-electron chi connectivity index (χ3n) is 3.88. The molecule has 2 aromatic rings. The number of thiophene rings is 1. The van der Waals surface area contributed by atoms with E-state index in [1.165, 1.54) is 0 Å². The van der Waals surface area contributed by atoms with Crippen LogP contribution in [-0.4, -0.2) is 40.6 Å². The first-order chi connectivity index (χ1) is 11.0. The molecule has 0 saturated heterocycles. The maximum atomic E-state index is 12.1. The third kappa shape index (κ3) is 5.14. The fourth-order valence-electron chi connectivity index (χ4n) is 2.07. The van der Waals surface area contributed by atoms with E-state index in [0.717, 1.165) is 12.0 Å². The molecule has 1 amide bonds.